The Labute approximate surface area is 188 Å². The first-order valence-corrected chi connectivity index (χ1v) is 11.2. The minimum Gasteiger partial charge on any atom is -0.356 e. The second kappa shape index (κ2) is 7.15. The molecule has 166 valence electrons. The molecule has 0 N–H and O–H groups in total. The normalized spacial score (nSPS) is 24.7. The molecule has 5 heterocycles. The van der Waals surface area contributed by atoms with E-state index in [1.807, 2.05) is 22.7 Å². The third-order valence-corrected chi connectivity index (χ3v) is 7.29. The van der Waals surface area contributed by atoms with E-state index < -0.39 is 17.2 Å². The lowest BCUT2D eigenvalue weighted by atomic mass is 9.89. The lowest BCUT2D eigenvalue weighted by molar-refractivity contribution is -0.140. The number of ether oxygens (including phenoxy) is 1. The monoisotopic (exact) mass is 458 g/mol. The Hall–Kier alpha value is -2.71. The molecular formula is C23H21ClF2N4O2. The molecule has 1 amide bonds. The van der Waals surface area contributed by atoms with Crippen LogP contribution in [0.4, 0.5) is 14.6 Å². The number of rotatable bonds is 2. The summed E-state index contributed by atoms with van der Waals surface area (Å²) in [5.74, 6) is -0.420. The number of benzene rings is 1. The van der Waals surface area contributed by atoms with Gasteiger partial charge in [0.15, 0.2) is 5.60 Å². The molecule has 0 saturated carbocycles. The number of amides is 1. The first kappa shape index (κ1) is 19.9. The molecule has 0 bridgehead atoms. The Kier molecular flexibility index (Phi) is 4.45. The number of halogens is 3. The third-order valence-electron chi connectivity index (χ3n) is 6.97. The van der Waals surface area contributed by atoms with Gasteiger partial charge in [-0.3, -0.25) is 4.79 Å². The van der Waals surface area contributed by atoms with Crippen molar-refractivity contribution in [1.82, 2.24) is 14.5 Å². The molecule has 6 nitrogen and oxygen atoms in total. The number of hydrogen-bond donors (Lipinski definition) is 0. The number of piperidine rings is 1. The van der Waals surface area contributed by atoms with Gasteiger partial charge >= 0.3 is 0 Å². The summed E-state index contributed by atoms with van der Waals surface area (Å²) in [5, 5.41) is 5.02. The Bertz CT molecular complexity index is 1200. The highest BCUT2D eigenvalue weighted by atomic mass is 35.5. The number of carbonyl (C=O) groups excluding carboxylic acids is 1. The highest BCUT2D eigenvalue weighted by molar-refractivity contribution is 6.33. The molecule has 3 aromatic rings. The van der Waals surface area contributed by atoms with Crippen molar-refractivity contribution in [3.63, 3.8) is 0 Å². The zero-order chi connectivity index (χ0) is 22.0. The molecule has 1 aromatic carbocycles. The largest absolute Gasteiger partial charge is 0.356 e. The average molecular weight is 459 g/mol. The summed E-state index contributed by atoms with van der Waals surface area (Å²) in [7, 11) is 0. The standard InChI is InChI=1S/C23H21ClF2N4O2/c24-17-1-3-20(30-19(17)5-8-27-30)28-9-6-23(7-10-28)22(31)29-18(2-4-21(29)32-23)14-11-15(25)13-16(26)12-14/h1,3,5,8,11-13,18,21H,2,4,6-7,9-10H2/t18-,21-/m1/s1. The minimum absolute atomic E-state index is 0.0744. The molecule has 2 aromatic heterocycles. The van der Waals surface area contributed by atoms with Crippen LogP contribution in [0.15, 0.2) is 42.6 Å². The predicted molar refractivity (Wildman–Crippen MR) is 114 cm³/mol. The van der Waals surface area contributed by atoms with E-state index in [1.165, 1.54) is 12.1 Å². The first-order chi connectivity index (χ1) is 15.4. The van der Waals surface area contributed by atoms with E-state index in [4.69, 9.17) is 16.3 Å². The summed E-state index contributed by atoms with van der Waals surface area (Å²) in [4.78, 5) is 17.4. The predicted octanol–water partition coefficient (Wildman–Crippen LogP) is 4.32. The highest BCUT2D eigenvalue weighted by Crippen LogP contribution is 2.48. The number of nitrogens with zero attached hydrogens (tertiary/aromatic N) is 4. The lowest BCUT2D eigenvalue weighted by Gasteiger charge is -2.38. The summed E-state index contributed by atoms with van der Waals surface area (Å²) >= 11 is 6.27. The average Bonchev–Trinajstić information content (AvgIpc) is 3.46. The van der Waals surface area contributed by atoms with E-state index in [0.29, 0.717) is 49.4 Å². The zero-order valence-corrected chi connectivity index (χ0v) is 17.9. The maximum Gasteiger partial charge on any atom is 0.257 e. The van der Waals surface area contributed by atoms with Crippen LogP contribution in [0.2, 0.25) is 5.02 Å². The number of hydrogen-bond acceptors (Lipinski definition) is 4. The number of aromatic nitrogens is 2. The second-order valence-corrected chi connectivity index (χ2v) is 9.14. The maximum atomic E-state index is 13.8. The van der Waals surface area contributed by atoms with Crippen LogP contribution >= 0.6 is 11.6 Å². The molecule has 3 aliphatic rings. The molecule has 2 atom stereocenters. The van der Waals surface area contributed by atoms with Crippen molar-refractivity contribution >= 4 is 28.8 Å². The Balaban J connectivity index is 1.24. The maximum absolute atomic E-state index is 13.8. The zero-order valence-electron chi connectivity index (χ0n) is 17.2. The minimum atomic E-state index is -0.888. The molecule has 0 radical (unpaired) electrons. The molecule has 0 unspecified atom stereocenters. The molecule has 9 heteroatoms. The summed E-state index contributed by atoms with van der Waals surface area (Å²) in [6, 6.07) is 8.77. The molecule has 6 rings (SSSR count). The van der Waals surface area contributed by atoms with Crippen LogP contribution in [0.1, 0.15) is 37.3 Å². The number of fused-ring (bicyclic) bond motifs is 2. The lowest BCUT2D eigenvalue weighted by Crippen LogP contribution is -2.50. The summed E-state index contributed by atoms with van der Waals surface area (Å²) in [6.45, 7) is 1.25. The summed E-state index contributed by atoms with van der Waals surface area (Å²) in [6.07, 6.45) is 3.72. The van der Waals surface area contributed by atoms with E-state index in [0.717, 1.165) is 17.4 Å². The first-order valence-electron chi connectivity index (χ1n) is 10.8. The Morgan fingerprint density at radius 1 is 1.06 bits per heavy atom. The van der Waals surface area contributed by atoms with Crippen molar-refractivity contribution in [2.45, 2.75) is 43.6 Å². The molecule has 3 aliphatic heterocycles. The van der Waals surface area contributed by atoms with E-state index in [1.54, 1.807) is 11.1 Å². The van der Waals surface area contributed by atoms with E-state index in [-0.39, 0.29) is 18.2 Å². The van der Waals surface area contributed by atoms with Gasteiger partial charge in [-0.2, -0.15) is 5.10 Å². The van der Waals surface area contributed by atoms with Crippen molar-refractivity contribution in [2.24, 2.45) is 0 Å². The van der Waals surface area contributed by atoms with E-state index in [2.05, 4.69) is 10.00 Å². The van der Waals surface area contributed by atoms with Crippen LogP contribution in [0.25, 0.3) is 5.52 Å². The van der Waals surface area contributed by atoms with Gasteiger partial charge in [-0.05, 0) is 48.7 Å². The van der Waals surface area contributed by atoms with Gasteiger partial charge in [0, 0.05) is 32.0 Å². The van der Waals surface area contributed by atoms with Gasteiger partial charge in [0.2, 0.25) is 0 Å². The van der Waals surface area contributed by atoms with E-state index in [9.17, 15) is 13.6 Å². The van der Waals surface area contributed by atoms with Crippen LogP contribution in [0, 0.1) is 11.6 Å². The molecule has 32 heavy (non-hydrogen) atoms. The molecular weight excluding hydrogens is 438 g/mol. The van der Waals surface area contributed by atoms with E-state index >= 15 is 0 Å². The molecule has 3 fully saturated rings. The fraction of sp³-hybridized carbons (Fsp3) is 0.391. The Morgan fingerprint density at radius 2 is 1.81 bits per heavy atom. The molecule has 3 saturated heterocycles. The van der Waals surface area contributed by atoms with Crippen LogP contribution in [0.3, 0.4) is 0 Å². The fourth-order valence-electron chi connectivity index (χ4n) is 5.45. The fourth-order valence-corrected chi connectivity index (χ4v) is 5.65. The van der Waals surface area contributed by atoms with Crippen molar-refractivity contribution < 1.29 is 18.3 Å². The van der Waals surface area contributed by atoms with Gasteiger partial charge in [-0.25, -0.2) is 13.3 Å². The number of carbonyl (C=O) groups is 1. The van der Waals surface area contributed by atoms with Crippen molar-refractivity contribution in [3.05, 3.63) is 64.8 Å². The number of pyridine rings is 1. The topological polar surface area (TPSA) is 50.1 Å². The summed E-state index contributed by atoms with van der Waals surface area (Å²) < 4.78 is 35.7. The Morgan fingerprint density at radius 3 is 2.56 bits per heavy atom. The smallest absolute Gasteiger partial charge is 0.257 e. The highest BCUT2D eigenvalue weighted by Gasteiger charge is 2.58. The van der Waals surface area contributed by atoms with Gasteiger partial charge in [-0.15, -0.1) is 0 Å². The SMILES string of the molecule is O=C1N2[C@@H](c3cc(F)cc(F)c3)CC[C@H]2OC12CCN(c1ccc(Cl)c3ccnn13)CC2. The molecule has 0 aliphatic carbocycles. The third kappa shape index (κ3) is 2.93. The van der Waals surface area contributed by atoms with Gasteiger partial charge in [0.25, 0.3) is 5.91 Å². The second-order valence-electron chi connectivity index (χ2n) is 8.73. The van der Waals surface area contributed by atoms with Crippen LogP contribution in [-0.2, 0) is 9.53 Å². The quantitative estimate of drug-likeness (QED) is 0.573. The van der Waals surface area contributed by atoms with Crippen LogP contribution in [-0.4, -0.2) is 45.3 Å². The van der Waals surface area contributed by atoms with Crippen LogP contribution < -0.4 is 4.90 Å². The van der Waals surface area contributed by atoms with Gasteiger partial charge in [0.1, 0.15) is 23.7 Å². The number of anilines is 1. The molecule has 1 spiro atoms. The van der Waals surface area contributed by atoms with Gasteiger partial charge in [-0.1, -0.05) is 11.6 Å². The van der Waals surface area contributed by atoms with Crippen molar-refractivity contribution in [1.29, 1.82) is 0 Å². The van der Waals surface area contributed by atoms with Gasteiger partial charge < -0.3 is 14.5 Å². The van der Waals surface area contributed by atoms with Crippen molar-refractivity contribution in [2.75, 3.05) is 18.0 Å². The summed E-state index contributed by atoms with van der Waals surface area (Å²) in [5.41, 5.74) is 0.434. The van der Waals surface area contributed by atoms with Crippen LogP contribution in [0.5, 0.6) is 0 Å². The van der Waals surface area contributed by atoms with Crippen molar-refractivity contribution in [3.8, 4) is 0 Å². The van der Waals surface area contributed by atoms with Gasteiger partial charge in [0.05, 0.1) is 22.8 Å².